The SMILES string of the molecule is Cc1cc(C(=O)C(=O)Nc2ccc(Cl)cc2Cl)c(C)n1-c1ccc(N2CCOCC2)c(Cl)c1. The number of aryl methyl sites for hydroxylation is 1. The zero-order valence-corrected chi connectivity index (χ0v) is 20.4. The number of anilines is 2. The molecule has 0 bridgehead atoms. The van der Waals surface area contributed by atoms with Crippen molar-refractivity contribution in [3.63, 3.8) is 0 Å². The second-order valence-corrected chi connectivity index (χ2v) is 9.01. The Morgan fingerprint density at radius 1 is 0.939 bits per heavy atom. The molecule has 1 fully saturated rings. The molecule has 1 aliphatic rings. The van der Waals surface area contributed by atoms with Crippen molar-refractivity contribution in [2.75, 3.05) is 36.5 Å². The first-order valence-corrected chi connectivity index (χ1v) is 11.5. The first-order valence-electron chi connectivity index (χ1n) is 10.4. The molecule has 1 aliphatic heterocycles. The van der Waals surface area contributed by atoms with Crippen molar-refractivity contribution in [3.05, 3.63) is 74.5 Å². The van der Waals surface area contributed by atoms with Crippen LogP contribution in [-0.4, -0.2) is 42.6 Å². The van der Waals surface area contributed by atoms with Gasteiger partial charge in [-0.15, -0.1) is 0 Å². The summed E-state index contributed by atoms with van der Waals surface area (Å²) in [6.07, 6.45) is 0. The molecule has 4 rings (SSSR count). The summed E-state index contributed by atoms with van der Waals surface area (Å²) in [5, 5.41) is 3.86. The Hall–Kier alpha value is -2.51. The van der Waals surface area contributed by atoms with Crippen LogP contribution in [-0.2, 0) is 9.53 Å². The Morgan fingerprint density at radius 3 is 2.33 bits per heavy atom. The molecule has 172 valence electrons. The van der Waals surface area contributed by atoms with Crippen LogP contribution in [0.4, 0.5) is 11.4 Å². The Balaban J connectivity index is 1.59. The molecule has 6 nitrogen and oxygen atoms in total. The van der Waals surface area contributed by atoms with Crippen molar-refractivity contribution in [1.82, 2.24) is 4.57 Å². The van der Waals surface area contributed by atoms with Crippen LogP contribution in [0.25, 0.3) is 5.69 Å². The van der Waals surface area contributed by atoms with Crippen molar-refractivity contribution in [2.45, 2.75) is 13.8 Å². The fourth-order valence-corrected chi connectivity index (χ4v) is 4.73. The molecule has 0 saturated carbocycles. The average Bonchev–Trinajstić information content (AvgIpc) is 3.09. The van der Waals surface area contributed by atoms with Gasteiger partial charge in [-0.1, -0.05) is 34.8 Å². The number of amides is 1. The summed E-state index contributed by atoms with van der Waals surface area (Å²) < 4.78 is 7.32. The quantitative estimate of drug-likeness (QED) is 0.355. The van der Waals surface area contributed by atoms with Crippen molar-refractivity contribution >= 4 is 57.9 Å². The third-order valence-corrected chi connectivity index (χ3v) is 6.45. The number of nitrogens with zero attached hydrogens (tertiary/aromatic N) is 2. The van der Waals surface area contributed by atoms with Crippen LogP contribution < -0.4 is 10.2 Å². The molecule has 0 atom stereocenters. The van der Waals surface area contributed by atoms with Crippen molar-refractivity contribution in [3.8, 4) is 5.69 Å². The first-order chi connectivity index (χ1) is 15.8. The normalized spacial score (nSPS) is 13.8. The number of hydrogen-bond donors (Lipinski definition) is 1. The van der Waals surface area contributed by atoms with Crippen LogP contribution in [0.15, 0.2) is 42.5 Å². The number of benzene rings is 2. The number of carbonyl (C=O) groups excluding carboxylic acids is 2. The largest absolute Gasteiger partial charge is 0.378 e. The first kappa shape index (κ1) is 23.6. The van der Waals surface area contributed by atoms with Gasteiger partial charge in [0.25, 0.3) is 11.7 Å². The van der Waals surface area contributed by atoms with Gasteiger partial charge in [0, 0.05) is 40.8 Å². The molecule has 1 saturated heterocycles. The van der Waals surface area contributed by atoms with Crippen LogP contribution in [0.5, 0.6) is 0 Å². The van der Waals surface area contributed by atoms with E-state index in [2.05, 4.69) is 10.2 Å². The third-order valence-electron chi connectivity index (χ3n) is 5.60. The van der Waals surface area contributed by atoms with Crippen LogP contribution in [0.2, 0.25) is 15.1 Å². The number of Topliss-reactive ketones (excluding diaryl/α,β-unsaturated/α-hetero) is 1. The van der Waals surface area contributed by atoms with Crippen LogP contribution in [0.1, 0.15) is 21.7 Å². The zero-order valence-electron chi connectivity index (χ0n) is 18.1. The van der Waals surface area contributed by atoms with Gasteiger partial charge in [-0.2, -0.15) is 0 Å². The maximum atomic E-state index is 12.9. The highest BCUT2D eigenvalue weighted by Gasteiger charge is 2.24. The second-order valence-electron chi connectivity index (χ2n) is 7.76. The summed E-state index contributed by atoms with van der Waals surface area (Å²) in [5.41, 5.74) is 3.84. The number of carbonyl (C=O) groups is 2. The summed E-state index contributed by atoms with van der Waals surface area (Å²) in [4.78, 5) is 27.8. The fraction of sp³-hybridized carbons (Fsp3) is 0.250. The van der Waals surface area contributed by atoms with Gasteiger partial charge in [0.05, 0.1) is 34.6 Å². The molecular weight excluding hydrogens is 485 g/mol. The third kappa shape index (κ3) is 4.89. The van der Waals surface area contributed by atoms with Gasteiger partial charge < -0.3 is 19.5 Å². The fourth-order valence-electron chi connectivity index (χ4n) is 3.98. The van der Waals surface area contributed by atoms with E-state index in [-0.39, 0.29) is 5.02 Å². The molecule has 33 heavy (non-hydrogen) atoms. The standard InChI is InChI=1S/C24H22Cl3N3O3/c1-14-11-18(23(31)24(32)28-21-5-3-16(25)12-19(21)26)15(2)30(14)17-4-6-22(20(27)13-17)29-7-9-33-10-8-29/h3-6,11-13H,7-10H2,1-2H3,(H,28,32). The summed E-state index contributed by atoms with van der Waals surface area (Å²) in [6.45, 7) is 6.58. The highest BCUT2D eigenvalue weighted by atomic mass is 35.5. The van der Waals surface area contributed by atoms with Gasteiger partial charge in [-0.05, 0) is 56.3 Å². The van der Waals surface area contributed by atoms with Gasteiger partial charge in [0.2, 0.25) is 0 Å². The molecule has 1 aromatic heterocycles. The van der Waals surface area contributed by atoms with Crippen molar-refractivity contribution < 1.29 is 14.3 Å². The van der Waals surface area contributed by atoms with E-state index in [4.69, 9.17) is 39.5 Å². The molecule has 0 unspecified atom stereocenters. The van der Waals surface area contributed by atoms with E-state index in [1.165, 1.54) is 6.07 Å². The minimum Gasteiger partial charge on any atom is -0.378 e. The van der Waals surface area contributed by atoms with Crippen LogP contribution in [0.3, 0.4) is 0 Å². The molecular formula is C24H22Cl3N3O3. The number of ketones is 1. The monoisotopic (exact) mass is 505 g/mol. The molecule has 3 aromatic rings. The Morgan fingerprint density at radius 2 is 1.67 bits per heavy atom. The van der Waals surface area contributed by atoms with Crippen molar-refractivity contribution in [2.24, 2.45) is 0 Å². The number of halogens is 3. The maximum absolute atomic E-state index is 12.9. The van der Waals surface area contributed by atoms with E-state index in [0.29, 0.717) is 40.2 Å². The van der Waals surface area contributed by atoms with E-state index in [1.807, 2.05) is 29.7 Å². The smallest absolute Gasteiger partial charge is 0.296 e. The highest BCUT2D eigenvalue weighted by Crippen LogP contribution is 2.31. The molecule has 0 spiro atoms. The summed E-state index contributed by atoms with van der Waals surface area (Å²) in [7, 11) is 0. The van der Waals surface area contributed by atoms with Crippen molar-refractivity contribution in [1.29, 1.82) is 0 Å². The lowest BCUT2D eigenvalue weighted by Crippen LogP contribution is -2.36. The van der Waals surface area contributed by atoms with E-state index in [9.17, 15) is 9.59 Å². The number of rotatable bonds is 5. The predicted octanol–water partition coefficient (Wildman–Crippen LogP) is 5.71. The highest BCUT2D eigenvalue weighted by molar-refractivity contribution is 6.47. The molecule has 2 aromatic carbocycles. The summed E-state index contributed by atoms with van der Waals surface area (Å²) in [5.74, 6) is -1.43. The van der Waals surface area contributed by atoms with Crippen LogP contribution in [0, 0.1) is 13.8 Å². The van der Waals surface area contributed by atoms with Gasteiger partial charge >= 0.3 is 0 Å². The average molecular weight is 507 g/mol. The van der Waals surface area contributed by atoms with Gasteiger partial charge in [-0.3, -0.25) is 9.59 Å². The number of ether oxygens (including phenoxy) is 1. The van der Waals surface area contributed by atoms with E-state index < -0.39 is 11.7 Å². The molecule has 2 heterocycles. The minimum absolute atomic E-state index is 0.254. The Labute approximate surface area is 207 Å². The topological polar surface area (TPSA) is 63.6 Å². The maximum Gasteiger partial charge on any atom is 0.296 e. The summed E-state index contributed by atoms with van der Waals surface area (Å²) >= 11 is 18.6. The summed E-state index contributed by atoms with van der Waals surface area (Å²) in [6, 6.07) is 12.1. The lowest BCUT2D eigenvalue weighted by molar-refractivity contribution is -0.112. The molecule has 0 radical (unpaired) electrons. The zero-order chi connectivity index (χ0) is 23.7. The lowest BCUT2D eigenvalue weighted by atomic mass is 10.1. The van der Waals surface area contributed by atoms with E-state index in [0.717, 1.165) is 30.2 Å². The number of aromatic nitrogens is 1. The molecule has 1 amide bonds. The van der Waals surface area contributed by atoms with E-state index in [1.54, 1.807) is 25.1 Å². The number of nitrogens with one attached hydrogen (secondary N) is 1. The minimum atomic E-state index is -0.778. The Bertz CT molecular complexity index is 1230. The number of hydrogen-bond acceptors (Lipinski definition) is 4. The van der Waals surface area contributed by atoms with Gasteiger partial charge in [-0.25, -0.2) is 0 Å². The molecule has 9 heteroatoms. The predicted molar refractivity (Wildman–Crippen MR) is 133 cm³/mol. The van der Waals surface area contributed by atoms with Gasteiger partial charge in [0.1, 0.15) is 0 Å². The Kier molecular flexibility index (Phi) is 7.00. The second kappa shape index (κ2) is 9.77. The molecule has 1 N–H and O–H groups in total. The van der Waals surface area contributed by atoms with E-state index >= 15 is 0 Å². The lowest BCUT2D eigenvalue weighted by Gasteiger charge is -2.29. The van der Waals surface area contributed by atoms with Crippen LogP contribution >= 0.6 is 34.8 Å². The molecule has 0 aliphatic carbocycles. The van der Waals surface area contributed by atoms with Gasteiger partial charge in [0.15, 0.2) is 0 Å². The number of morpholine rings is 1.